The minimum atomic E-state index is -0.611. The van der Waals surface area contributed by atoms with Gasteiger partial charge in [-0.2, -0.15) is 0 Å². The molecular formula is C16H21ClN2O3. The molecule has 0 bridgehead atoms. The third-order valence-electron chi connectivity index (χ3n) is 4.04. The SMILES string of the molecule is C[C@@H]1CCC[C@@H](C)N1C(=O)COC(=O)c1ccc(Cl)cc1N. The summed E-state index contributed by atoms with van der Waals surface area (Å²) in [6.45, 7) is 3.77. The topological polar surface area (TPSA) is 72.6 Å². The summed E-state index contributed by atoms with van der Waals surface area (Å²) in [6, 6.07) is 4.89. The second-order valence-corrected chi connectivity index (χ2v) is 6.17. The van der Waals surface area contributed by atoms with E-state index in [1.165, 1.54) is 12.1 Å². The fourth-order valence-electron chi connectivity index (χ4n) is 2.91. The smallest absolute Gasteiger partial charge is 0.340 e. The van der Waals surface area contributed by atoms with E-state index in [9.17, 15) is 9.59 Å². The number of halogens is 1. The van der Waals surface area contributed by atoms with Crippen LogP contribution in [0.25, 0.3) is 0 Å². The molecule has 1 saturated heterocycles. The minimum Gasteiger partial charge on any atom is -0.452 e. The van der Waals surface area contributed by atoms with Gasteiger partial charge in [-0.05, 0) is 51.3 Å². The van der Waals surface area contributed by atoms with Crippen LogP contribution in [0.15, 0.2) is 18.2 Å². The first kappa shape index (κ1) is 16.6. The van der Waals surface area contributed by atoms with Crippen LogP contribution < -0.4 is 5.73 Å². The van der Waals surface area contributed by atoms with Gasteiger partial charge in [0.25, 0.3) is 5.91 Å². The van der Waals surface area contributed by atoms with Gasteiger partial charge in [-0.3, -0.25) is 4.79 Å². The quantitative estimate of drug-likeness (QED) is 0.685. The van der Waals surface area contributed by atoms with Crippen molar-refractivity contribution < 1.29 is 14.3 Å². The van der Waals surface area contributed by atoms with E-state index >= 15 is 0 Å². The highest BCUT2D eigenvalue weighted by molar-refractivity contribution is 6.31. The maximum Gasteiger partial charge on any atom is 0.340 e. The number of rotatable bonds is 3. The van der Waals surface area contributed by atoms with Crippen LogP contribution in [0.3, 0.4) is 0 Å². The highest BCUT2D eigenvalue weighted by atomic mass is 35.5. The van der Waals surface area contributed by atoms with Crippen molar-refractivity contribution in [1.82, 2.24) is 4.90 Å². The van der Waals surface area contributed by atoms with E-state index in [0.29, 0.717) is 5.02 Å². The molecule has 2 rings (SSSR count). The number of hydrogen-bond acceptors (Lipinski definition) is 4. The predicted octanol–water partition coefficient (Wildman–Crippen LogP) is 2.87. The number of amides is 1. The lowest BCUT2D eigenvalue weighted by Gasteiger charge is -2.38. The summed E-state index contributed by atoms with van der Waals surface area (Å²) in [6.07, 6.45) is 3.08. The van der Waals surface area contributed by atoms with E-state index in [4.69, 9.17) is 22.1 Å². The number of piperidine rings is 1. The monoisotopic (exact) mass is 324 g/mol. The lowest BCUT2D eigenvalue weighted by molar-refractivity contribution is -0.140. The molecule has 1 aliphatic rings. The largest absolute Gasteiger partial charge is 0.452 e. The van der Waals surface area contributed by atoms with Gasteiger partial charge in [-0.15, -0.1) is 0 Å². The maximum atomic E-state index is 12.3. The second-order valence-electron chi connectivity index (χ2n) is 5.74. The number of hydrogen-bond donors (Lipinski definition) is 1. The first-order valence-corrected chi connectivity index (χ1v) is 7.81. The Balaban J connectivity index is 1.97. The Labute approximate surface area is 135 Å². The summed E-state index contributed by atoms with van der Waals surface area (Å²) in [4.78, 5) is 26.1. The molecule has 6 heteroatoms. The van der Waals surface area contributed by atoms with Crippen molar-refractivity contribution in [3.05, 3.63) is 28.8 Å². The molecule has 1 fully saturated rings. The fourth-order valence-corrected chi connectivity index (χ4v) is 3.09. The van der Waals surface area contributed by atoms with Gasteiger partial charge in [0.2, 0.25) is 0 Å². The van der Waals surface area contributed by atoms with Crippen LogP contribution in [0.1, 0.15) is 43.5 Å². The molecule has 0 unspecified atom stereocenters. The molecule has 0 saturated carbocycles. The van der Waals surface area contributed by atoms with Gasteiger partial charge in [-0.25, -0.2) is 4.79 Å². The molecule has 0 spiro atoms. The Kier molecular flexibility index (Phi) is 5.29. The van der Waals surface area contributed by atoms with Gasteiger partial charge in [0, 0.05) is 22.8 Å². The summed E-state index contributed by atoms with van der Waals surface area (Å²) >= 11 is 5.79. The van der Waals surface area contributed by atoms with E-state index < -0.39 is 5.97 Å². The Morgan fingerprint density at radius 1 is 1.32 bits per heavy atom. The molecule has 2 atom stereocenters. The van der Waals surface area contributed by atoms with Crippen molar-refractivity contribution in [2.24, 2.45) is 0 Å². The van der Waals surface area contributed by atoms with Crippen molar-refractivity contribution in [3.8, 4) is 0 Å². The van der Waals surface area contributed by atoms with Gasteiger partial charge >= 0.3 is 5.97 Å². The van der Waals surface area contributed by atoms with E-state index in [1.807, 2.05) is 18.7 Å². The number of nitrogens with zero attached hydrogens (tertiary/aromatic N) is 1. The average molecular weight is 325 g/mol. The molecular weight excluding hydrogens is 304 g/mol. The van der Waals surface area contributed by atoms with Crippen LogP contribution in [0.4, 0.5) is 5.69 Å². The summed E-state index contributed by atoms with van der Waals surface area (Å²) < 4.78 is 5.11. The van der Waals surface area contributed by atoms with Crippen LogP contribution >= 0.6 is 11.6 Å². The molecule has 1 heterocycles. The van der Waals surface area contributed by atoms with E-state index in [1.54, 1.807) is 6.07 Å². The molecule has 1 amide bonds. The molecule has 120 valence electrons. The minimum absolute atomic E-state index is 0.166. The zero-order valence-corrected chi connectivity index (χ0v) is 13.6. The summed E-state index contributed by atoms with van der Waals surface area (Å²) in [7, 11) is 0. The van der Waals surface area contributed by atoms with Crippen molar-refractivity contribution in [1.29, 1.82) is 0 Å². The van der Waals surface area contributed by atoms with Crippen molar-refractivity contribution in [2.45, 2.75) is 45.2 Å². The van der Waals surface area contributed by atoms with Crippen LogP contribution in [-0.2, 0) is 9.53 Å². The first-order chi connectivity index (χ1) is 10.4. The molecule has 1 aliphatic heterocycles. The fraction of sp³-hybridized carbons (Fsp3) is 0.500. The third-order valence-corrected chi connectivity index (χ3v) is 4.28. The van der Waals surface area contributed by atoms with Crippen LogP contribution in [0.2, 0.25) is 5.02 Å². The van der Waals surface area contributed by atoms with E-state index in [-0.39, 0.29) is 35.8 Å². The van der Waals surface area contributed by atoms with Crippen LogP contribution in [0, 0.1) is 0 Å². The molecule has 0 aliphatic carbocycles. The summed E-state index contributed by atoms with van der Waals surface area (Å²) in [5, 5.41) is 0.445. The lowest BCUT2D eigenvalue weighted by atomic mass is 9.97. The number of carbonyl (C=O) groups excluding carboxylic acids is 2. The predicted molar refractivity (Wildman–Crippen MR) is 85.8 cm³/mol. The zero-order chi connectivity index (χ0) is 16.3. The lowest BCUT2D eigenvalue weighted by Crippen LogP contribution is -2.49. The summed E-state index contributed by atoms with van der Waals surface area (Å²) in [5.74, 6) is -0.777. The highest BCUT2D eigenvalue weighted by Gasteiger charge is 2.29. The molecule has 1 aromatic rings. The van der Waals surface area contributed by atoms with E-state index in [0.717, 1.165) is 19.3 Å². The van der Waals surface area contributed by atoms with Gasteiger partial charge in [0.05, 0.1) is 5.56 Å². The Morgan fingerprint density at radius 3 is 2.55 bits per heavy atom. The van der Waals surface area contributed by atoms with Gasteiger partial charge in [0.15, 0.2) is 6.61 Å². The number of nitrogens with two attached hydrogens (primary N) is 1. The second kappa shape index (κ2) is 7.01. The first-order valence-electron chi connectivity index (χ1n) is 7.43. The number of carbonyl (C=O) groups is 2. The van der Waals surface area contributed by atoms with Gasteiger partial charge in [-0.1, -0.05) is 11.6 Å². The Morgan fingerprint density at radius 2 is 1.95 bits per heavy atom. The number of benzene rings is 1. The molecule has 22 heavy (non-hydrogen) atoms. The van der Waals surface area contributed by atoms with Crippen molar-refractivity contribution in [3.63, 3.8) is 0 Å². The van der Waals surface area contributed by atoms with Crippen molar-refractivity contribution >= 4 is 29.2 Å². The third kappa shape index (κ3) is 3.71. The molecule has 2 N–H and O–H groups in total. The van der Waals surface area contributed by atoms with Gasteiger partial charge in [0.1, 0.15) is 0 Å². The number of anilines is 1. The van der Waals surface area contributed by atoms with Crippen LogP contribution in [-0.4, -0.2) is 35.5 Å². The highest BCUT2D eigenvalue weighted by Crippen LogP contribution is 2.23. The normalized spacial score (nSPS) is 21.5. The maximum absolute atomic E-state index is 12.3. The zero-order valence-electron chi connectivity index (χ0n) is 12.8. The van der Waals surface area contributed by atoms with Gasteiger partial charge < -0.3 is 15.4 Å². The van der Waals surface area contributed by atoms with E-state index in [2.05, 4.69) is 0 Å². The Bertz CT molecular complexity index is 567. The number of nitrogen functional groups attached to an aromatic ring is 1. The molecule has 0 radical (unpaired) electrons. The number of esters is 1. The number of ether oxygens (including phenoxy) is 1. The average Bonchev–Trinajstić information content (AvgIpc) is 2.44. The number of likely N-dealkylation sites (tertiary alicyclic amines) is 1. The standard InChI is InChI=1S/C16H21ClN2O3/c1-10-4-3-5-11(2)19(10)15(20)9-22-16(21)13-7-6-12(17)8-14(13)18/h6-8,10-11H,3-5,9,18H2,1-2H3/t10-,11-/m1/s1. The molecule has 0 aromatic heterocycles. The molecule has 1 aromatic carbocycles. The Hall–Kier alpha value is -1.75. The van der Waals surface area contributed by atoms with Crippen molar-refractivity contribution in [2.75, 3.05) is 12.3 Å². The summed E-state index contributed by atoms with van der Waals surface area (Å²) in [5.41, 5.74) is 6.19. The molecule has 5 nitrogen and oxygen atoms in total. The van der Waals surface area contributed by atoms with Crippen LogP contribution in [0.5, 0.6) is 0 Å².